The Balaban J connectivity index is 2.70. The fourth-order valence-corrected chi connectivity index (χ4v) is 3.23. The van der Waals surface area contributed by atoms with E-state index in [-0.39, 0.29) is 11.8 Å². The van der Waals surface area contributed by atoms with Gasteiger partial charge in [-0.15, -0.1) is 0 Å². The molecule has 0 spiro atoms. The van der Waals surface area contributed by atoms with Gasteiger partial charge in [-0.05, 0) is 63.0 Å². The molecule has 1 unspecified atom stereocenters. The molecule has 0 radical (unpaired) electrons. The van der Waals surface area contributed by atoms with Crippen LogP contribution in [0.1, 0.15) is 67.2 Å². The average Bonchev–Trinajstić information content (AvgIpc) is 2.59. The van der Waals surface area contributed by atoms with Gasteiger partial charge in [0.2, 0.25) is 0 Å². The Morgan fingerprint density at radius 3 is 2.50 bits per heavy atom. The zero-order valence-corrected chi connectivity index (χ0v) is 18.0. The lowest BCUT2D eigenvalue weighted by Crippen LogP contribution is -2.24. The van der Waals surface area contributed by atoms with Gasteiger partial charge in [0.15, 0.2) is 6.10 Å². The number of aliphatic hydroxyl groups is 1. The predicted molar refractivity (Wildman–Crippen MR) is 114 cm³/mol. The molecule has 0 saturated heterocycles. The summed E-state index contributed by atoms with van der Waals surface area (Å²) < 4.78 is 4.57. The summed E-state index contributed by atoms with van der Waals surface area (Å²) in [6.07, 6.45) is 13.7. The molecule has 1 atom stereocenters. The van der Waals surface area contributed by atoms with Crippen LogP contribution in [0.2, 0.25) is 0 Å². The molecule has 0 heterocycles. The number of rotatable bonds is 7. The number of ether oxygens (including phenoxy) is 1. The molecule has 154 valence electrons. The molecule has 0 aromatic rings. The van der Waals surface area contributed by atoms with E-state index in [1.807, 2.05) is 19.1 Å². The Hall–Kier alpha value is -2.20. The van der Waals surface area contributed by atoms with Crippen LogP contribution in [0.25, 0.3) is 0 Å². The summed E-state index contributed by atoms with van der Waals surface area (Å²) in [6, 6.07) is 0. The molecule has 4 heteroatoms. The quantitative estimate of drug-likeness (QED) is 0.277. The molecule has 28 heavy (non-hydrogen) atoms. The Kier molecular flexibility index (Phi) is 9.33. The van der Waals surface area contributed by atoms with E-state index < -0.39 is 18.0 Å². The average molecular weight is 387 g/mol. The van der Waals surface area contributed by atoms with Crippen LogP contribution in [0.5, 0.6) is 0 Å². The van der Waals surface area contributed by atoms with Crippen molar-refractivity contribution in [2.24, 2.45) is 5.41 Å². The van der Waals surface area contributed by atoms with Crippen molar-refractivity contribution in [2.75, 3.05) is 0 Å². The van der Waals surface area contributed by atoms with Crippen molar-refractivity contribution in [1.29, 1.82) is 0 Å². The summed E-state index contributed by atoms with van der Waals surface area (Å²) in [5.74, 6) is -1.70. The Morgan fingerprint density at radius 2 is 1.89 bits per heavy atom. The maximum atomic E-state index is 11.7. The van der Waals surface area contributed by atoms with E-state index >= 15 is 0 Å². The van der Waals surface area contributed by atoms with E-state index in [1.165, 1.54) is 36.5 Å². The monoisotopic (exact) mass is 386 g/mol. The van der Waals surface area contributed by atoms with Crippen LogP contribution in [0.4, 0.5) is 0 Å². The van der Waals surface area contributed by atoms with Gasteiger partial charge in [0.25, 0.3) is 0 Å². The van der Waals surface area contributed by atoms with Crippen molar-refractivity contribution >= 4 is 11.9 Å². The number of allylic oxidation sites excluding steroid dienone is 9. The third-order valence-corrected chi connectivity index (χ3v) is 4.98. The lowest BCUT2D eigenvalue weighted by atomic mass is 9.72. The summed E-state index contributed by atoms with van der Waals surface area (Å²) in [4.78, 5) is 23.0. The van der Waals surface area contributed by atoms with Gasteiger partial charge in [0, 0.05) is 6.08 Å². The molecule has 4 nitrogen and oxygen atoms in total. The highest BCUT2D eigenvalue weighted by atomic mass is 16.6. The van der Waals surface area contributed by atoms with Gasteiger partial charge in [-0.3, -0.25) is 0 Å². The fourth-order valence-electron chi connectivity index (χ4n) is 3.23. The van der Waals surface area contributed by atoms with E-state index in [1.54, 1.807) is 19.9 Å². The fraction of sp³-hybridized carbons (Fsp3) is 0.500. The third-order valence-electron chi connectivity index (χ3n) is 4.98. The van der Waals surface area contributed by atoms with Crippen LogP contribution < -0.4 is 0 Å². The first-order valence-corrected chi connectivity index (χ1v) is 9.92. The highest BCUT2D eigenvalue weighted by Crippen LogP contribution is 2.40. The van der Waals surface area contributed by atoms with Gasteiger partial charge in [0.05, 0.1) is 0 Å². The minimum absolute atomic E-state index is 0.208. The molecule has 1 rings (SSSR count). The van der Waals surface area contributed by atoms with Gasteiger partial charge in [0.1, 0.15) is 0 Å². The molecule has 0 aromatic carbocycles. The van der Waals surface area contributed by atoms with Crippen molar-refractivity contribution in [2.45, 2.75) is 73.3 Å². The number of esters is 2. The lowest BCUT2D eigenvalue weighted by Gasteiger charge is -2.32. The molecule has 0 bridgehead atoms. The Bertz CT molecular complexity index is 730. The molecule has 0 aromatic heterocycles. The molecule has 1 aliphatic rings. The molecule has 0 saturated carbocycles. The predicted octanol–water partition coefficient (Wildman–Crippen LogP) is 5.36. The number of hydrogen-bond donors (Lipinski definition) is 1. The second kappa shape index (κ2) is 11.0. The van der Waals surface area contributed by atoms with Crippen molar-refractivity contribution in [3.8, 4) is 0 Å². The van der Waals surface area contributed by atoms with Crippen molar-refractivity contribution in [1.82, 2.24) is 0 Å². The minimum atomic E-state index is -1.27. The maximum absolute atomic E-state index is 11.7. The van der Waals surface area contributed by atoms with E-state index in [2.05, 4.69) is 37.7 Å². The van der Waals surface area contributed by atoms with Gasteiger partial charge in [-0.2, -0.15) is 0 Å². The lowest BCUT2D eigenvalue weighted by molar-refractivity contribution is -0.162. The molecular formula is C24H34O4. The van der Waals surface area contributed by atoms with E-state index in [4.69, 9.17) is 0 Å². The Morgan fingerprint density at radius 1 is 1.21 bits per heavy atom. The summed E-state index contributed by atoms with van der Waals surface area (Å²) in [5.41, 5.74) is 4.87. The third kappa shape index (κ3) is 7.81. The van der Waals surface area contributed by atoms with Crippen LogP contribution >= 0.6 is 0 Å². The first kappa shape index (κ1) is 23.8. The van der Waals surface area contributed by atoms with Crippen LogP contribution in [0.15, 0.2) is 58.7 Å². The number of carbonyl (C=O) groups is 2. The summed E-state index contributed by atoms with van der Waals surface area (Å²) in [6.45, 7) is 12.2. The van der Waals surface area contributed by atoms with Crippen LogP contribution in [-0.4, -0.2) is 23.1 Å². The van der Waals surface area contributed by atoms with Gasteiger partial charge < -0.3 is 9.84 Å². The second-order valence-electron chi connectivity index (χ2n) is 8.09. The standard InChI is InChI=1S/C24H34O4/c1-7-21(25)23(27)28-22(26)16-18(3)11-8-10-17(2)13-14-20-19(4)12-9-15-24(20,5)6/h8,10-11,13-14,16,21,25H,7,9,12,15H2,1-6H3. The van der Waals surface area contributed by atoms with Crippen LogP contribution in [0.3, 0.4) is 0 Å². The first-order chi connectivity index (χ1) is 13.1. The normalized spacial score (nSPS) is 19.4. The van der Waals surface area contributed by atoms with E-state index in [0.29, 0.717) is 5.57 Å². The summed E-state index contributed by atoms with van der Waals surface area (Å²) >= 11 is 0. The van der Waals surface area contributed by atoms with E-state index in [0.717, 1.165) is 5.57 Å². The van der Waals surface area contributed by atoms with Crippen molar-refractivity contribution < 1.29 is 19.4 Å². The number of carbonyl (C=O) groups excluding carboxylic acids is 2. The molecule has 1 aliphatic carbocycles. The van der Waals surface area contributed by atoms with Gasteiger partial charge >= 0.3 is 11.9 Å². The highest BCUT2D eigenvalue weighted by molar-refractivity contribution is 5.94. The summed E-state index contributed by atoms with van der Waals surface area (Å²) in [5, 5.41) is 9.33. The zero-order valence-electron chi connectivity index (χ0n) is 18.0. The molecular weight excluding hydrogens is 352 g/mol. The number of aliphatic hydroxyl groups excluding tert-OH is 1. The topological polar surface area (TPSA) is 63.6 Å². The van der Waals surface area contributed by atoms with Crippen LogP contribution in [0, 0.1) is 5.41 Å². The molecule has 0 amide bonds. The molecule has 0 aliphatic heterocycles. The van der Waals surface area contributed by atoms with Gasteiger partial charge in [-0.1, -0.05) is 62.3 Å². The number of hydrogen-bond acceptors (Lipinski definition) is 4. The van der Waals surface area contributed by atoms with Gasteiger partial charge in [-0.25, -0.2) is 9.59 Å². The van der Waals surface area contributed by atoms with Crippen molar-refractivity contribution in [3.63, 3.8) is 0 Å². The highest BCUT2D eigenvalue weighted by Gasteiger charge is 2.26. The maximum Gasteiger partial charge on any atom is 0.342 e. The minimum Gasteiger partial charge on any atom is -0.388 e. The smallest absolute Gasteiger partial charge is 0.342 e. The Labute approximate surface area is 169 Å². The molecule has 1 N–H and O–H groups in total. The second-order valence-corrected chi connectivity index (χ2v) is 8.09. The SMILES string of the molecule is CCC(O)C(=O)OC(=O)C=C(C)C=CC=C(C)C=CC1=C(C)CCCC1(C)C. The van der Waals surface area contributed by atoms with E-state index in [9.17, 15) is 14.7 Å². The summed E-state index contributed by atoms with van der Waals surface area (Å²) in [7, 11) is 0. The largest absolute Gasteiger partial charge is 0.388 e. The molecule has 0 fully saturated rings. The van der Waals surface area contributed by atoms with Crippen molar-refractivity contribution in [3.05, 3.63) is 58.7 Å². The van der Waals surface area contributed by atoms with Crippen LogP contribution in [-0.2, 0) is 14.3 Å². The zero-order chi connectivity index (χ0) is 21.3. The first-order valence-electron chi connectivity index (χ1n) is 9.92.